The van der Waals surface area contributed by atoms with Gasteiger partial charge < -0.3 is 14.6 Å². The van der Waals surface area contributed by atoms with Gasteiger partial charge in [0.2, 0.25) is 5.91 Å². The van der Waals surface area contributed by atoms with Gasteiger partial charge in [-0.1, -0.05) is 18.2 Å². The Labute approximate surface area is 150 Å². The van der Waals surface area contributed by atoms with Crippen LogP contribution in [0.5, 0.6) is 0 Å². The van der Waals surface area contributed by atoms with Crippen molar-refractivity contribution in [1.82, 2.24) is 4.98 Å². The molecule has 0 saturated carbocycles. The number of carbonyl (C=O) groups excluding carboxylic acids is 1. The number of fused-ring (bicyclic) bond motifs is 1. The third kappa shape index (κ3) is 3.27. The number of aromatic nitrogens is 1. The summed E-state index contributed by atoms with van der Waals surface area (Å²) in [6.07, 6.45) is 1.41. The molecule has 2 aromatic carbocycles. The van der Waals surface area contributed by atoms with E-state index >= 15 is 0 Å². The van der Waals surface area contributed by atoms with Crippen LogP contribution >= 0.6 is 0 Å². The summed E-state index contributed by atoms with van der Waals surface area (Å²) < 4.78 is 19.2. The van der Waals surface area contributed by atoms with Crippen molar-refractivity contribution >= 4 is 28.7 Å². The molecule has 1 N–H and O–H groups in total. The number of nitrogens with one attached hydrogen (secondary N) is 1. The van der Waals surface area contributed by atoms with E-state index in [0.717, 1.165) is 16.7 Å². The van der Waals surface area contributed by atoms with Crippen LogP contribution in [0.15, 0.2) is 46.9 Å². The average molecular weight is 353 g/mol. The second-order valence-corrected chi connectivity index (χ2v) is 6.67. The number of carbonyl (C=O) groups is 1. The third-order valence-corrected chi connectivity index (χ3v) is 4.88. The van der Waals surface area contributed by atoms with Gasteiger partial charge in [0.25, 0.3) is 6.01 Å². The van der Waals surface area contributed by atoms with Gasteiger partial charge in [0.1, 0.15) is 11.3 Å². The molecular formula is C20H20FN3O2. The predicted molar refractivity (Wildman–Crippen MR) is 98.7 cm³/mol. The lowest BCUT2D eigenvalue weighted by Crippen LogP contribution is -2.38. The summed E-state index contributed by atoms with van der Waals surface area (Å²) >= 11 is 0. The van der Waals surface area contributed by atoms with E-state index in [9.17, 15) is 9.18 Å². The minimum atomic E-state index is -0.350. The molecule has 1 aromatic heterocycles. The zero-order chi connectivity index (χ0) is 18.1. The summed E-state index contributed by atoms with van der Waals surface area (Å²) in [6.45, 7) is 3.25. The van der Waals surface area contributed by atoms with Crippen molar-refractivity contribution in [2.45, 2.75) is 19.8 Å². The minimum absolute atomic E-state index is 0.0593. The average Bonchev–Trinajstić information content (AvgIpc) is 3.09. The monoisotopic (exact) mass is 353 g/mol. The number of nitrogens with zero attached hydrogens (tertiary/aromatic N) is 2. The minimum Gasteiger partial charge on any atom is -0.423 e. The summed E-state index contributed by atoms with van der Waals surface area (Å²) in [6, 6.07) is 12.7. The van der Waals surface area contributed by atoms with E-state index in [0.29, 0.717) is 37.6 Å². The fourth-order valence-corrected chi connectivity index (χ4v) is 3.29. The van der Waals surface area contributed by atoms with E-state index < -0.39 is 0 Å². The second kappa shape index (κ2) is 6.78. The highest BCUT2D eigenvalue weighted by molar-refractivity contribution is 5.93. The first-order chi connectivity index (χ1) is 12.6. The van der Waals surface area contributed by atoms with Gasteiger partial charge in [0.05, 0.1) is 0 Å². The molecule has 1 saturated heterocycles. The Morgan fingerprint density at radius 3 is 2.77 bits per heavy atom. The van der Waals surface area contributed by atoms with Crippen LogP contribution in [-0.2, 0) is 4.79 Å². The van der Waals surface area contributed by atoms with Gasteiger partial charge in [0, 0.05) is 24.7 Å². The largest absolute Gasteiger partial charge is 0.423 e. The molecule has 26 heavy (non-hydrogen) atoms. The van der Waals surface area contributed by atoms with Crippen molar-refractivity contribution in [3.05, 3.63) is 53.8 Å². The summed E-state index contributed by atoms with van der Waals surface area (Å²) in [5.41, 5.74) is 2.99. The van der Waals surface area contributed by atoms with Crippen LogP contribution in [-0.4, -0.2) is 24.0 Å². The van der Waals surface area contributed by atoms with Crippen molar-refractivity contribution in [1.29, 1.82) is 0 Å². The van der Waals surface area contributed by atoms with Gasteiger partial charge in [-0.2, -0.15) is 4.98 Å². The van der Waals surface area contributed by atoms with Crippen molar-refractivity contribution in [2.75, 3.05) is 23.3 Å². The number of aryl methyl sites for hydroxylation is 1. The van der Waals surface area contributed by atoms with Crippen molar-refractivity contribution in [3.8, 4) is 0 Å². The molecule has 0 aliphatic carbocycles. The van der Waals surface area contributed by atoms with Crippen LogP contribution in [0.25, 0.3) is 11.1 Å². The number of piperidine rings is 1. The molecule has 0 bridgehead atoms. The molecule has 134 valence electrons. The van der Waals surface area contributed by atoms with Gasteiger partial charge in [-0.15, -0.1) is 0 Å². The zero-order valence-corrected chi connectivity index (χ0v) is 14.5. The lowest BCUT2D eigenvalue weighted by molar-refractivity contribution is -0.120. The molecular weight excluding hydrogens is 333 g/mol. The fourth-order valence-electron chi connectivity index (χ4n) is 3.29. The van der Waals surface area contributed by atoms with E-state index in [4.69, 9.17) is 4.42 Å². The molecule has 0 radical (unpaired) electrons. The number of anilines is 2. The van der Waals surface area contributed by atoms with Gasteiger partial charge in [-0.25, -0.2) is 4.39 Å². The summed E-state index contributed by atoms with van der Waals surface area (Å²) in [5.74, 6) is -0.508. The molecule has 0 atom stereocenters. The quantitative estimate of drug-likeness (QED) is 0.769. The highest BCUT2D eigenvalue weighted by Gasteiger charge is 2.27. The fraction of sp³-hybridized carbons (Fsp3) is 0.300. The Hall–Kier alpha value is -2.89. The van der Waals surface area contributed by atoms with Crippen LogP contribution in [0.4, 0.5) is 16.1 Å². The lowest BCUT2D eigenvalue weighted by Gasteiger charge is -2.30. The van der Waals surface area contributed by atoms with Crippen molar-refractivity contribution in [2.24, 2.45) is 5.92 Å². The van der Waals surface area contributed by atoms with Gasteiger partial charge in [0.15, 0.2) is 5.58 Å². The number of hydrogen-bond donors (Lipinski definition) is 1. The maximum absolute atomic E-state index is 13.4. The summed E-state index contributed by atoms with van der Waals surface area (Å²) in [4.78, 5) is 19.1. The van der Waals surface area contributed by atoms with E-state index in [1.54, 1.807) is 6.07 Å². The molecule has 5 nitrogen and oxygen atoms in total. The third-order valence-electron chi connectivity index (χ3n) is 4.88. The highest BCUT2D eigenvalue weighted by atomic mass is 19.1. The summed E-state index contributed by atoms with van der Waals surface area (Å²) in [7, 11) is 0. The van der Waals surface area contributed by atoms with Crippen molar-refractivity contribution < 1.29 is 13.6 Å². The summed E-state index contributed by atoms with van der Waals surface area (Å²) in [5, 5.41) is 2.86. The van der Waals surface area contributed by atoms with Gasteiger partial charge >= 0.3 is 0 Å². The first kappa shape index (κ1) is 16.6. The molecule has 4 rings (SSSR count). The number of halogens is 1. The Morgan fingerprint density at radius 2 is 2.00 bits per heavy atom. The standard InChI is InChI=1S/C20H20FN3O2/c1-13-6-7-15(21)12-17(13)22-19(25)14-8-10-24(11-9-14)20-23-16-4-2-3-5-18(16)26-20/h2-7,12,14H,8-11H2,1H3,(H,22,25). The first-order valence-electron chi connectivity index (χ1n) is 8.78. The molecule has 1 fully saturated rings. The number of benzene rings is 2. The Balaban J connectivity index is 1.39. The van der Waals surface area contributed by atoms with Crippen LogP contribution in [0, 0.1) is 18.7 Å². The van der Waals surface area contributed by atoms with E-state index in [1.165, 1.54) is 12.1 Å². The van der Waals surface area contributed by atoms with E-state index in [1.807, 2.05) is 31.2 Å². The lowest BCUT2D eigenvalue weighted by atomic mass is 9.96. The molecule has 0 unspecified atom stereocenters. The number of oxazole rings is 1. The maximum Gasteiger partial charge on any atom is 0.298 e. The molecule has 1 amide bonds. The predicted octanol–water partition coefficient (Wildman–Crippen LogP) is 4.13. The molecule has 6 heteroatoms. The van der Waals surface area contributed by atoms with Crippen LogP contribution in [0.2, 0.25) is 0 Å². The normalized spacial score (nSPS) is 15.4. The Bertz CT molecular complexity index is 912. The van der Waals surface area contributed by atoms with Gasteiger partial charge in [-0.05, 0) is 49.6 Å². The van der Waals surface area contributed by atoms with Gasteiger partial charge in [-0.3, -0.25) is 4.79 Å². The van der Waals surface area contributed by atoms with E-state index in [2.05, 4.69) is 15.2 Å². The topological polar surface area (TPSA) is 58.4 Å². The van der Waals surface area contributed by atoms with Crippen LogP contribution in [0.3, 0.4) is 0 Å². The smallest absolute Gasteiger partial charge is 0.298 e. The van der Waals surface area contributed by atoms with Crippen LogP contribution in [0.1, 0.15) is 18.4 Å². The first-order valence-corrected chi connectivity index (χ1v) is 8.78. The zero-order valence-electron chi connectivity index (χ0n) is 14.5. The molecule has 3 aromatic rings. The Morgan fingerprint density at radius 1 is 1.23 bits per heavy atom. The van der Waals surface area contributed by atoms with E-state index in [-0.39, 0.29) is 17.6 Å². The molecule has 1 aliphatic rings. The maximum atomic E-state index is 13.4. The number of amides is 1. The number of para-hydroxylation sites is 2. The molecule has 0 spiro atoms. The highest BCUT2D eigenvalue weighted by Crippen LogP contribution is 2.27. The Kier molecular flexibility index (Phi) is 4.32. The number of rotatable bonds is 3. The molecule has 2 heterocycles. The second-order valence-electron chi connectivity index (χ2n) is 6.67. The molecule has 1 aliphatic heterocycles. The van der Waals surface area contributed by atoms with Crippen LogP contribution < -0.4 is 10.2 Å². The SMILES string of the molecule is Cc1ccc(F)cc1NC(=O)C1CCN(c2nc3ccccc3o2)CC1. The number of hydrogen-bond acceptors (Lipinski definition) is 4. The van der Waals surface area contributed by atoms with Crippen molar-refractivity contribution in [3.63, 3.8) is 0 Å².